The Morgan fingerprint density at radius 1 is 1.33 bits per heavy atom. The fourth-order valence-corrected chi connectivity index (χ4v) is 1.88. The van der Waals surface area contributed by atoms with Crippen molar-refractivity contribution in [1.29, 1.82) is 5.26 Å². The smallest absolute Gasteiger partial charge is 0.345 e. The molecule has 1 rings (SSSR count). The van der Waals surface area contributed by atoms with E-state index in [0.717, 1.165) is 5.06 Å². The second-order valence-electron chi connectivity index (χ2n) is 4.96. The minimum atomic E-state index is -5.04. The van der Waals surface area contributed by atoms with Crippen LogP contribution in [0.5, 0.6) is 0 Å². The molecular weight excluding hydrogens is 327 g/mol. The quantitative estimate of drug-likeness (QED) is 0.795. The third-order valence-corrected chi connectivity index (χ3v) is 3.20. The predicted octanol–water partition coefficient (Wildman–Crippen LogP) is 1.56. The average molecular weight is 343 g/mol. The molecule has 1 aromatic rings. The van der Waals surface area contributed by atoms with Gasteiger partial charge in [-0.15, -0.1) is 0 Å². The van der Waals surface area contributed by atoms with Crippen molar-refractivity contribution in [2.24, 2.45) is 0 Å². The highest BCUT2D eigenvalue weighted by molar-refractivity contribution is 5.83. The molecule has 0 bridgehead atoms. The summed E-state index contributed by atoms with van der Waals surface area (Å²) < 4.78 is 37.3. The van der Waals surface area contributed by atoms with Crippen LogP contribution in [0.15, 0.2) is 24.3 Å². The van der Waals surface area contributed by atoms with Crippen LogP contribution >= 0.6 is 0 Å². The Labute approximate surface area is 136 Å². The van der Waals surface area contributed by atoms with Crippen molar-refractivity contribution in [2.45, 2.75) is 25.1 Å². The minimum Gasteiger partial charge on any atom is -0.345 e. The molecule has 0 unspecified atom stereocenters. The molecule has 0 aromatic heterocycles. The Hall–Kier alpha value is -2.60. The number of amides is 2. The summed E-state index contributed by atoms with van der Waals surface area (Å²) in [7, 11) is 2.55. The largest absolute Gasteiger partial charge is 0.471 e. The van der Waals surface area contributed by atoms with Crippen LogP contribution in [0.1, 0.15) is 17.5 Å². The van der Waals surface area contributed by atoms with Gasteiger partial charge in [-0.05, 0) is 24.1 Å². The van der Waals surface area contributed by atoms with Crippen LogP contribution in [0.2, 0.25) is 0 Å². The van der Waals surface area contributed by atoms with Crippen molar-refractivity contribution < 1.29 is 27.6 Å². The summed E-state index contributed by atoms with van der Waals surface area (Å²) in [4.78, 5) is 27.7. The van der Waals surface area contributed by atoms with Crippen LogP contribution in [0.4, 0.5) is 13.2 Å². The SMILES string of the molecule is CON(C)C(=O)C[C@@H](Cc1ccc(C#N)cc1)NC(=O)C(F)(F)F. The summed E-state index contributed by atoms with van der Waals surface area (Å²) in [5, 5.41) is 11.4. The maximum absolute atomic E-state index is 12.4. The van der Waals surface area contributed by atoms with Gasteiger partial charge in [0, 0.05) is 19.5 Å². The Morgan fingerprint density at radius 2 is 1.92 bits per heavy atom. The van der Waals surface area contributed by atoms with Gasteiger partial charge in [-0.3, -0.25) is 14.4 Å². The van der Waals surface area contributed by atoms with E-state index in [1.165, 1.54) is 26.3 Å². The van der Waals surface area contributed by atoms with E-state index in [1.54, 1.807) is 12.1 Å². The van der Waals surface area contributed by atoms with E-state index in [2.05, 4.69) is 4.84 Å². The Bertz CT molecular complexity index is 624. The van der Waals surface area contributed by atoms with E-state index in [1.807, 2.05) is 11.4 Å². The number of hydroxylamine groups is 2. The van der Waals surface area contributed by atoms with Crippen LogP contribution in [-0.2, 0) is 20.8 Å². The molecule has 130 valence electrons. The first-order valence-electron chi connectivity index (χ1n) is 6.84. The number of rotatable bonds is 6. The highest BCUT2D eigenvalue weighted by Crippen LogP contribution is 2.16. The van der Waals surface area contributed by atoms with Gasteiger partial charge in [-0.25, -0.2) is 5.06 Å². The lowest BCUT2D eigenvalue weighted by Crippen LogP contribution is -2.46. The number of carbonyl (C=O) groups excluding carboxylic acids is 2. The summed E-state index contributed by atoms with van der Waals surface area (Å²) in [6.45, 7) is 0. The topological polar surface area (TPSA) is 82.4 Å². The maximum atomic E-state index is 12.4. The average Bonchev–Trinajstić information content (AvgIpc) is 2.53. The number of hydrogen-bond donors (Lipinski definition) is 1. The molecule has 0 radical (unpaired) electrons. The molecule has 2 amide bonds. The first-order chi connectivity index (χ1) is 11.2. The maximum Gasteiger partial charge on any atom is 0.471 e. The lowest BCUT2D eigenvalue weighted by atomic mass is 10.0. The van der Waals surface area contributed by atoms with Gasteiger partial charge in [0.15, 0.2) is 0 Å². The molecule has 0 saturated carbocycles. The molecule has 0 aliphatic carbocycles. The molecule has 1 N–H and O–H groups in total. The van der Waals surface area contributed by atoms with Crippen LogP contribution in [-0.4, -0.2) is 43.3 Å². The van der Waals surface area contributed by atoms with Gasteiger partial charge in [-0.2, -0.15) is 18.4 Å². The first-order valence-corrected chi connectivity index (χ1v) is 6.84. The van der Waals surface area contributed by atoms with Crippen molar-refractivity contribution >= 4 is 11.8 Å². The molecule has 1 atom stereocenters. The van der Waals surface area contributed by atoms with E-state index in [0.29, 0.717) is 11.1 Å². The second kappa shape index (κ2) is 8.31. The van der Waals surface area contributed by atoms with Gasteiger partial charge in [0.1, 0.15) is 0 Å². The highest BCUT2D eigenvalue weighted by Gasteiger charge is 2.40. The molecule has 0 fully saturated rings. The standard InChI is InChI=1S/C15H16F3N3O3/c1-21(24-2)13(22)8-12(20-14(23)15(16,17)18)7-10-3-5-11(9-19)6-4-10/h3-6,12H,7-8H2,1-2H3,(H,20,23)/t12-/m1/s1. The van der Waals surface area contributed by atoms with Crippen LogP contribution in [0, 0.1) is 11.3 Å². The van der Waals surface area contributed by atoms with E-state index < -0.39 is 24.0 Å². The Kier molecular flexibility index (Phi) is 6.73. The predicted molar refractivity (Wildman–Crippen MR) is 77.2 cm³/mol. The molecule has 0 saturated heterocycles. The van der Waals surface area contributed by atoms with Crippen molar-refractivity contribution in [2.75, 3.05) is 14.2 Å². The lowest BCUT2D eigenvalue weighted by Gasteiger charge is -2.22. The number of nitriles is 1. The zero-order chi connectivity index (χ0) is 18.3. The molecule has 24 heavy (non-hydrogen) atoms. The van der Waals surface area contributed by atoms with Crippen molar-refractivity contribution in [3.63, 3.8) is 0 Å². The zero-order valence-electron chi connectivity index (χ0n) is 13.1. The molecule has 0 spiro atoms. The molecule has 0 aliphatic heterocycles. The first kappa shape index (κ1) is 19.4. The number of hydrogen-bond acceptors (Lipinski definition) is 4. The monoisotopic (exact) mass is 343 g/mol. The van der Waals surface area contributed by atoms with E-state index >= 15 is 0 Å². The third-order valence-electron chi connectivity index (χ3n) is 3.20. The Morgan fingerprint density at radius 3 is 2.38 bits per heavy atom. The highest BCUT2D eigenvalue weighted by atomic mass is 19.4. The Balaban J connectivity index is 2.88. The number of alkyl halides is 3. The second-order valence-corrected chi connectivity index (χ2v) is 4.96. The van der Waals surface area contributed by atoms with Crippen molar-refractivity contribution in [3.05, 3.63) is 35.4 Å². The van der Waals surface area contributed by atoms with Gasteiger partial charge in [0.2, 0.25) is 5.91 Å². The third kappa shape index (κ3) is 5.89. The fraction of sp³-hybridized carbons (Fsp3) is 0.400. The molecule has 1 aromatic carbocycles. The minimum absolute atomic E-state index is 0.00315. The summed E-state index contributed by atoms with van der Waals surface area (Å²) in [6.07, 6.45) is -5.41. The van der Waals surface area contributed by atoms with Crippen LogP contribution < -0.4 is 5.32 Å². The number of benzene rings is 1. The molecular formula is C15H16F3N3O3. The van der Waals surface area contributed by atoms with E-state index in [-0.39, 0.29) is 12.8 Å². The number of carbonyl (C=O) groups is 2. The van der Waals surface area contributed by atoms with Gasteiger partial charge in [0.25, 0.3) is 0 Å². The molecule has 0 aliphatic rings. The normalized spacial score (nSPS) is 12.2. The van der Waals surface area contributed by atoms with E-state index in [4.69, 9.17) is 5.26 Å². The van der Waals surface area contributed by atoms with Gasteiger partial charge >= 0.3 is 12.1 Å². The lowest BCUT2D eigenvalue weighted by molar-refractivity contribution is -0.176. The number of nitrogens with zero attached hydrogens (tertiary/aromatic N) is 2. The number of halogens is 3. The number of nitrogens with one attached hydrogen (secondary N) is 1. The zero-order valence-corrected chi connectivity index (χ0v) is 13.1. The van der Waals surface area contributed by atoms with Crippen molar-refractivity contribution in [3.8, 4) is 6.07 Å². The summed E-state index contributed by atoms with van der Waals surface area (Å²) >= 11 is 0. The van der Waals surface area contributed by atoms with Gasteiger partial charge in [-0.1, -0.05) is 12.1 Å². The van der Waals surface area contributed by atoms with Gasteiger partial charge < -0.3 is 5.32 Å². The summed E-state index contributed by atoms with van der Waals surface area (Å²) in [5.41, 5.74) is 0.971. The summed E-state index contributed by atoms with van der Waals surface area (Å²) in [6, 6.07) is 6.95. The van der Waals surface area contributed by atoms with Crippen LogP contribution in [0.3, 0.4) is 0 Å². The van der Waals surface area contributed by atoms with Crippen molar-refractivity contribution in [1.82, 2.24) is 10.4 Å². The van der Waals surface area contributed by atoms with Gasteiger partial charge in [0.05, 0.1) is 18.7 Å². The van der Waals surface area contributed by atoms with E-state index in [9.17, 15) is 22.8 Å². The van der Waals surface area contributed by atoms with Crippen LogP contribution in [0.25, 0.3) is 0 Å². The molecule has 6 nitrogen and oxygen atoms in total. The molecule has 9 heteroatoms. The summed E-state index contributed by atoms with van der Waals surface area (Å²) in [5.74, 6) is -2.70. The molecule has 0 heterocycles. The fourth-order valence-electron chi connectivity index (χ4n) is 1.88.